The molecule has 3 rings (SSSR count). The van der Waals surface area contributed by atoms with Gasteiger partial charge in [0.2, 0.25) is 5.96 Å². The van der Waals surface area contributed by atoms with Crippen LogP contribution in [0.3, 0.4) is 0 Å². The van der Waals surface area contributed by atoms with Crippen LogP contribution in [-0.2, 0) is 0 Å². The number of pyridine rings is 1. The summed E-state index contributed by atoms with van der Waals surface area (Å²) < 4.78 is 0. The Hall–Kier alpha value is -4.18. The first-order valence-corrected chi connectivity index (χ1v) is 6.96. The zero-order valence-corrected chi connectivity index (χ0v) is 12.6. The van der Waals surface area contributed by atoms with Crippen LogP contribution in [0, 0.1) is 22.8 Å². The standard InChI is InChI=1S/C15H12N8O2/c16-4-9-11(18)10-12(6-1-7(24)3-8(25)2-6)21-15(20-5-17)23-14(10)22-13(9)19/h1-3,12,24-25H,(H6,18,19,20,21,22,23). The Kier molecular flexibility index (Phi) is 3.64. The molecule has 10 heteroatoms. The van der Waals surface area contributed by atoms with Gasteiger partial charge in [-0.05, 0) is 17.7 Å². The molecule has 1 unspecified atom stereocenters. The van der Waals surface area contributed by atoms with E-state index in [1.165, 1.54) is 12.1 Å². The van der Waals surface area contributed by atoms with Gasteiger partial charge in [0.25, 0.3) is 0 Å². The largest absolute Gasteiger partial charge is 0.508 e. The van der Waals surface area contributed by atoms with Crippen LogP contribution in [0.1, 0.15) is 22.7 Å². The molecule has 1 aromatic carbocycles. The van der Waals surface area contributed by atoms with E-state index >= 15 is 0 Å². The van der Waals surface area contributed by atoms with Crippen LogP contribution in [0.2, 0.25) is 0 Å². The minimum atomic E-state index is -0.828. The highest BCUT2D eigenvalue weighted by Crippen LogP contribution is 2.41. The van der Waals surface area contributed by atoms with Gasteiger partial charge in [0.15, 0.2) is 6.19 Å². The van der Waals surface area contributed by atoms with Gasteiger partial charge >= 0.3 is 0 Å². The van der Waals surface area contributed by atoms with Crippen molar-refractivity contribution in [1.82, 2.24) is 10.3 Å². The van der Waals surface area contributed by atoms with E-state index in [0.717, 1.165) is 6.07 Å². The maximum atomic E-state index is 9.74. The summed E-state index contributed by atoms with van der Waals surface area (Å²) in [5.41, 5.74) is 12.6. The fourth-order valence-electron chi connectivity index (χ4n) is 2.60. The van der Waals surface area contributed by atoms with E-state index < -0.39 is 6.04 Å². The van der Waals surface area contributed by atoms with E-state index in [1.54, 1.807) is 6.19 Å². The van der Waals surface area contributed by atoms with Crippen molar-refractivity contribution in [2.24, 2.45) is 4.99 Å². The van der Waals surface area contributed by atoms with Crippen molar-refractivity contribution < 1.29 is 10.2 Å². The van der Waals surface area contributed by atoms with Crippen molar-refractivity contribution in [3.05, 3.63) is 34.9 Å². The van der Waals surface area contributed by atoms with Crippen LogP contribution in [0.4, 0.5) is 17.3 Å². The Morgan fingerprint density at radius 3 is 2.44 bits per heavy atom. The van der Waals surface area contributed by atoms with Crippen molar-refractivity contribution >= 4 is 23.3 Å². The Bertz CT molecular complexity index is 966. The molecule has 0 fully saturated rings. The van der Waals surface area contributed by atoms with E-state index in [0.29, 0.717) is 11.1 Å². The Morgan fingerprint density at radius 1 is 1.16 bits per heavy atom. The van der Waals surface area contributed by atoms with Crippen molar-refractivity contribution in [1.29, 1.82) is 10.5 Å². The second-order valence-electron chi connectivity index (χ2n) is 5.18. The molecular weight excluding hydrogens is 324 g/mol. The summed E-state index contributed by atoms with van der Waals surface area (Å²) >= 11 is 0. The summed E-state index contributed by atoms with van der Waals surface area (Å²) in [5.74, 6) is -0.125. The summed E-state index contributed by atoms with van der Waals surface area (Å²) in [6.07, 6.45) is 1.73. The Morgan fingerprint density at radius 2 is 1.84 bits per heavy atom. The maximum absolute atomic E-state index is 9.74. The molecule has 0 radical (unpaired) electrons. The van der Waals surface area contributed by atoms with Crippen molar-refractivity contribution in [2.45, 2.75) is 6.04 Å². The lowest BCUT2D eigenvalue weighted by molar-refractivity contribution is 0.448. The molecule has 124 valence electrons. The van der Waals surface area contributed by atoms with Crippen LogP contribution in [0.25, 0.3) is 0 Å². The predicted molar refractivity (Wildman–Crippen MR) is 89.2 cm³/mol. The average molecular weight is 336 g/mol. The van der Waals surface area contributed by atoms with Crippen LogP contribution < -0.4 is 22.1 Å². The van der Waals surface area contributed by atoms with Crippen LogP contribution in [0.15, 0.2) is 23.2 Å². The molecule has 0 aliphatic carbocycles. The number of fused-ring (bicyclic) bond motifs is 1. The number of nitrogen functional groups attached to an aromatic ring is 2. The van der Waals surface area contributed by atoms with Crippen molar-refractivity contribution in [3.63, 3.8) is 0 Å². The quantitative estimate of drug-likeness (QED) is 0.317. The van der Waals surface area contributed by atoms with Gasteiger partial charge in [0.1, 0.15) is 40.8 Å². The zero-order valence-electron chi connectivity index (χ0n) is 12.6. The SMILES string of the molecule is N#CNC1=NC(c2cc(O)cc(O)c2)c2c(nc(N)c(C#N)c2N)N1. The Labute approximate surface area is 141 Å². The van der Waals surface area contributed by atoms with Crippen LogP contribution in [0.5, 0.6) is 11.5 Å². The van der Waals surface area contributed by atoms with Gasteiger partial charge in [-0.15, -0.1) is 0 Å². The highest BCUT2D eigenvalue weighted by molar-refractivity contribution is 5.98. The molecule has 0 saturated carbocycles. The number of nitrogens with one attached hydrogen (secondary N) is 2. The molecule has 25 heavy (non-hydrogen) atoms. The first kappa shape index (κ1) is 15.7. The summed E-state index contributed by atoms with van der Waals surface area (Å²) in [6, 6.07) is 4.99. The van der Waals surface area contributed by atoms with E-state index in [9.17, 15) is 15.5 Å². The van der Waals surface area contributed by atoms with E-state index in [2.05, 4.69) is 20.6 Å². The minimum absolute atomic E-state index is 0.00168. The number of anilines is 3. The number of rotatable bonds is 1. The molecule has 2 aromatic rings. The average Bonchev–Trinajstić information content (AvgIpc) is 2.53. The van der Waals surface area contributed by atoms with Gasteiger partial charge < -0.3 is 27.0 Å². The summed E-state index contributed by atoms with van der Waals surface area (Å²) in [6.45, 7) is 0. The summed E-state index contributed by atoms with van der Waals surface area (Å²) in [5, 5.41) is 42.7. The van der Waals surface area contributed by atoms with Gasteiger partial charge in [-0.2, -0.15) is 10.5 Å². The fraction of sp³-hybridized carbons (Fsp3) is 0.0667. The molecule has 0 spiro atoms. The first-order valence-electron chi connectivity index (χ1n) is 6.96. The van der Waals surface area contributed by atoms with Gasteiger partial charge in [-0.25, -0.2) is 9.98 Å². The number of benzene rings is 1. The van der Waals surface area contributed by atoms with Crippen molar-refractivity contribution in [3.8, 4) is 23.8 Å². The number of guanidine groups is 1. The molecule has 2 heterocycles. The number of phenols is 2. The van der Waals surface area contributed by atoms with Crippen LogP contribution in [-0.4, -0.2) is 21.2 Å². The summed E-state index contributed by atoms with van der Waals surface area (Å²) in [4.78, 5) is 8.42. The number of phenolic OH excluding ortho intramolecular Hbond substituents is 2. The lowest BCUT2D eigenvalue weighted by Crippen LogP contribution is -2.32. The van der Waals surface area contributed by atoms with Gasteiger partial charge in [-0.1, -0.05) is 0 Å². The third-order valence-corrected chi connectivity index (χ3v) is 3.60. The third-order valence-electron chi connectivity index (χ3n) is 3.60. The first-order chi connectivity index (χ1) is 11.9. The van der Waals surface area contributed by atoms with Crippen LogP contribution >= 0.6 is 0 Å². The van der Waals surface area contributed by atoms with Crippen molar-refractivity contribution in [2.75, 3.05) is 16.8 Å². The highest BCUT2D eigenvalue weighted by atomic mass is 16.3. The third kappa shape index (κ3) is 2.64. The monoisotopic (exact) mass is 336 g/mol. The number of nitrogens with two attached hydrogens (primary N) is 2. The molecule has 0 saturated heterocycles. The number of hydrogen-bond acceptors (Lipinski definition) is 10. The number of aromatic nitrogens is 1. The lowest BCUT2D eigenvalue weighted by atomic mass is 9.95. The number of hydrogen-bond donors (Lipinski definition) is 6. The molecule has 0 bridgehead atoms. The smallest absolute Gasteiger partial charge is 0.211 e. The molecule has 1 aromatic heterocycles. The van der Waals surface area contributed by atoms with E-state index in [4.69, 9.17) is 16.7 Å². The van der Waals surface area contributed by atoms with Gasteiger partial charge in [0.05, 0.1) is 5.69 Å². The maximum Gasteiger partial charge on any atom is 0.211 e. The number of nitriles is 2. The predicted octanol–water partition coefficient (Wildman–Crippen LogP) is 0.470. The fourth-order valence-corrected chi connectivity index (χ4v) is 2.60. The summed E-state index contributed by atoms with van der Waals surface area (Å²) in [7, 11) is 0. The van der Waals surface area contributed by atoms with Gasteiger partial charge in [-0.3, -0.25) is 5.32 Å². The lowest BCUT2D eigenvalue weighted by Gasteiger charge is -2.26. The minimum Gasteiger partial charge on any atom is -0.508 e. The zero-order chi connectivity index (χ0) is 18.1. The number of aliphatic imine (C=N–C) groups is 1. The second kappa shape index (κ2) is 5.79. The van der Waals surface area contributed by atoms with E-state index in [-0.39, 0.29) is 40.3 Å². The molecule has 8 N–H and O–H groups in total. The second-order valence-corrected chi connectivity index (χ2v) is 5.18. The molecular formula is C15H12N8O2. The van der Waals surface area contributed by atoms with E-state index in [1.807, 2.05) is 6.07 Å². The molecule has 1 atom stereocenters. The highest BCUT2D eigenvalue weighted by Gasteiger charge is 2.30. The molecule has 0 amide bonds. The normalized spacial score (nSPS) is 15.1. The topological polar surface area (TPSA) is 189 Å². The number of aromatic hydroxyl groups is 2. The molecule has 1 aliphatic heterocycles. The molecule has 1 aliphatic rings. The van der Waals surface area contributed by atoms with Gasteiger partial charge in [0, 0.05) is 11.6 Å². The Balaban J connectivity index is 2.27. The number of nitrogens with zero attached hydrogens (tertiary/aromatic N) is 4. The molecule has 10 nitrogen and oxygen atoms in total.